The number of hydrogen-bond donors (Lipinski definition) is 0. The molecule has 0 amide bonds. The second-order valence-electron chi connectivity index (χ2n) is 3.01. The highest BCUT2D eigenvalue weighted by Crippen LogP contribution is 2.20. The van der Waals surface area contributed by atoms with E-state index in [1.165, 1.54) is 0 Å². The van der Waals surface area contributed by atoms with Crippen molar-refractivity contribution in [3.05, 3.63) is 12.7 Å². The standard InChI is InChI=1S/C9H12O4/c1-3-8(10)12-5-7-4-6(2)13-9(7)11/h3,6-7H,1,4-5H2,2H3. The van der Waals surface area contributed by atoms with E-state index in [-0.39, 0.29) is 24.6 Å². The molecule has 4 nitrogen and oxygen atoms in total. The predicted octanol–water partition coefficient (Wildman–Crippen LogP) is 0.667. The fraction of sp³-hybridized carbons (Fsp3) is 0.556. The Morgan fingerprint density at radius 1 is 1.85 bits per heavy atom. The van der Waals surface area contributed by atoms with Crippen LogP contribution in [0.25, 0.3) is 0 Å². The molecule has 1 rings (SSSR count). The minimum absolute atomic E-state index is 0.0695. The molecule has 0 N–H and O–H groups in total. The summed E-state index contributed by atoms with van der Waals surface area (Å²) in [6.45, 7) is 5.15. The molecule has 2 unspecified atom stereocenters. The Hall–Kier alpha value is -1.32. The van der Waals surface area contributed by atoms with Crippen molar-refractivity contribution in [1.29, 1.82) is 0 Å². The zero-order chi connectivity index (χ0) is 9.84. The van der Waals surface area contributed by atoms with Crippen LogP contribution in [0.3, 0.4) is 0 Å². The molecule has 0 aromatic rings. The van der Waals surface area contributed by atoms with Gasteiger partial charge in [0.15, 0.2) is 0 Å². The molecule has 1 heterocycles. The summed E-state index contributed by atoms with van der Waals surface area (Å²) in [4.78, 5) is 21.7. The molecule has 0 aliphatic carbocycles. The summed E-state index contributed by atoms with van der Waals surface area (Å²) < 4.78 is 9.62. The number of carbonyl (C=O) groups excluding carboxylic acids is 2. The topological polar surface area (TPSA) is 52.6 Å². The average Bonchev–Trinajstić information content (AvgIpc) is 2.41. The van der Waals surface area contributed by atoms with E-state index in [1.807, 2.05) is 6.92 Å². The smallest absolute Gasteiger partial charge is 0.330 e. The average molecular weight is 184 g/mol. The summed E-state index contributed by atoms with van der Waals surface area (Å²) in [5.41, 5.74) is 0. The van der Waals surface area contributed by atoms with Crippen LogP contribution in [0.1, 0.15) is 13.3 Å². The van der Waals surface area contributed by atoms with Crippen LogP contribution in [0.2, 0.25) is 0 Å². The van der Waals surface area contributed by atoms with Gasteiger partial charge in [0.05, 0.1) is 12.0 Å². The molecule has 1 fully saturated rings. The normalized spacial score (nSPS) is 26.7. The van der Waals surface area contributed by atoms with Gasteiger partial charge in [0.25, 0.3) is 0 Å². The second-order valence-corrected chi connectivity index (χ2v) is 3.01. The first-order chi connectivity index (χ1) is 6.13. The van der Waals surface area contributed by atoms with Gasteiger partial charge in [0, 0.05) is 12.5 Å². The van der Waals surface area contributed by atoms with Crippen LogP contribution in [0.4, 0.5) is 0 Å². The Labute approximate surface area is 76.5 Å². The SMILES string of the molecule is C=CC(=O)OCC1CC(C)OC1=O. The molecule has 1 saturated heterocycles. The van der Waals surface area contributed by atoms with Crippen molar-refractivity contribution in [2.24, 2.45) is 5.92 Å². The lowest BCUT2D eigenvalue weighted by molar-refractivity contribution is -0.147. The van der Waals surface area contributed by atoms with E-state index >= 15 is 0 Å². The highest BCUT2D eigenvalue weighted by Gasteiger charge is 2.32. The van der Waals surface area contributed by atoms with Crippen molar-refractivity contribution in [2.75, 3.05) is 6.61 Å². The lowest BCUT2D eigenvalue weighted by atomic mass is 10.1. The molecule has 0 saturated carbocycles. The second kappa shape index (κ2) is 4.07. The van der Waals surface area contributed by atoms with Gasteiger partial charge in [0.2, 0.25) is 0 Å². The van der Waals surface area contributed by atoms with Crippen molar-refractivity contribution in [1.82, 2.24) is 0 Å². The molecule has 72 valence electrons. The summed E-state index contributed by atoms with van der Waals surface area (Å²) in [7, 11) is 0. The Morgan fingerprint density at radius 2 is 2.54 bits per heavy atom. The number of rotatable bonds is 3. The van der Waals surface area contributed by atoms with E-state index in [9.17, 15) is 9.59 Å². The van der Waals surface area contributed by atoms with Crippen molar-refractivity contribution in [3.8, 4) is 0 Å². The van der Waals surface area contributed by atoms with Gasteiger partial charge in [-0.2, -0.15) is 0 Å². The van der Waals surface area contributed by atoms with E-state index in [2.05, 4.69) is 6.58 Å². The summed E-state index contributed by atoms with van der Waals surface area (Å²) in [5, 5.41) is 0. The third kappa shape index (κ3) is 2.57. The first-order valence-electron chi connectivity index (χ1n) is 4.13. The Morgan fingerprint density at radius 3 is 3.00 bits per heavy atom. The molecule has 1 aliphatic rings. The molecular formula is C9H12O4. The molecule has 1 aliphatic heterocycles. The minimum atomic E-state index is -0.507. The van der Waals surface area contributed by atoms with Gasteiger partial charge in [-0.05, 0) is 6.92 Å². The van der Waals surface area contributed by atoms with Crippen LogP contribution in [0, 0.1) is 5.92 Å². The molecule has 0 aromatic carbocycles. The molecule has 0 spiro atoms. The molecular weight excluding hydrogens is 172 g/mol. The van der Waals surface area contributed by atoms with Crippen LogP contribution < -0.4 is 0 Å². The summed E-state index contributed by atoms with van der Waals surface area (Å²) in [5.74, 6) is -1.10. The van der Waals surface area contributed by atoms with E-state index in [0.29, 0.717) is 6.42 Å². The van der Waals surface area contributed by atoms with Crippen molar-refractivity contribution < 1.29 is 19.1 Å². The predicted molar refractivity (Wildman–Crippen MR) is 44.8 cm³/mol. The van der Waals surface area contributed by atoms with E-state index < -0.39 is 5.97 Å². The van der Waals surface area contributed by atoms with Crippen molar-refractivity contribution in [2.45, 2.75) is 19.4 Å². The monoisotopic (exact) mass is 184 g/mol. The fourth-order valence-electron chi connectivity index (χ4n) is 1.22. The third-order valence-corrected chi connectivity index (χ3v) is 1.86. The van der Waals surface area contributed by atoms with Crippen molar-refractivity contribution >= 4 is 11.9 Å². The van der Waals surface area contributed by atoms with Gasteiger partial charge in [-0.15, -0.1) is 0 Å². The third-order valence-electron chi connectivity index (χ3n) is 1.86. The Bertz CT molecular complexity index is 234. The molecule has 0 bridgehead atoms. The van der Waals surface area contributed by atoms with Gasteiger partial charge < -0.3 is 9.47 Å². The number of carbonyl (C=O) groups is 2. The highest BCUT2D eigenvalue weighted by atomic mass is 16.6. The summed E-state index contributed by atoms with van der Waals surface area (Å²) >= 11 is 0. The van der Waals surface area contributed by atoms with Gasteiger partial charge in [-0.1, -0.05) is 6.58 Å². The maximum absolute atomic E-state index is 11.0. The van der Waals surface area contributed by atoms with Crippen LogP contribution in [-0.2, 0) is 19.1 Å². The molecule has 4 heteroatoms. The Balaban J connectivity index is 2.33. The molecule has 0 aromatic heterocycles. The first-order valence-corrected chi connectivity index (χ1v) is 4.13. The van der Waals surface area contributed by atoms with E-state index in [1.54, 1.807) is 0 Å². The largest absolute Gasteiger partial charge is 0.462 e. The zero-order valence-electron chi connectivity index (χ0n) is 7.49. The van der Waals surface area contributed by atoms with Gasteiger partial charge in [-0.3, -0.25) is 4.79 Å². The molecule has 13 heavy (non-hydrogen) atoms. The van der Waals surface area contributed by atoms with Crippen molar-refractivity contribution in [3.63, 3.8) is 0 Å². The minimum Gasteiger partial charge on any atom is -0.462 e. The molecule has 0 radical (unpaired) electrons. The molecule has 2 atom stereocenters. The summed E-state index contributed by atoms with van der Waals surface area (Å²) in [6.07, 6.45) is 1.62. The van der Waals surface area contributed by atoms with Crippen LogP contribution in [0.5, 0.6) is 0 Å². The number of hydrogen-bond acceptors (Lipinski definition) is 4. The summed E-state index contributed by atoms with van der Waals surface area (Å²) in [6, 6.07) is 0. The van der Waals surface area contributed by atoms with Gasteiger partial charge >= 0.3 is 11.9 Å². The van der Waals surface area contributed by atoms with E-state index in [4.69, 9.17) is 9.47 Å². The quantitative estimate of drug-likeness (QED) is 0.477. The highest BCUT2D eigenvalue weighted by molar-refractivity contribution is 5.81. The lowest BCUT2D eigenvalue weighted by Crippen LogP contribution is -2.16. The van der Waals surface area contributed by atoms with Gasteiger partial charge in [0.1, 0.15) is 6.61 Å². The maximum Gasteiger partial charge on any atom is 0.330 e. The number of esters is 2. The first kappa shape index (κ1) is 9.77. The van der Waals surface area contributed by atoms with Crippen LogP contribution in [0.15, 0.2) is 12.7 Å². The lowest BCUT2D eigenvalue weighted by Gasteiger charge is -2.04. The van der Waals surface area contributed by atoms with E-state index in [0.717, 1.165) is 6.08 Å². The number of cyclic esters (lactones) is 1. The van der Waals surface area contributed by atoms with Crippen LogP contribution in [-0.4, -0.2) is 24.6 Å². The maximum atomic E-state index is 11.0. The van der Waals surface area contributed by atoms with Crippen LogP contribution >= 0.6 is 0 Å². The van der Waals surface area contributed by atoms with Gasteiger partial charge in [-0.25, -0.2) is 4.79 Å². The zero-order valence-corrected chi connectivity index (χ0v) is 7.49. The number of ether oxygens (including phenoxy) is 2. The Kier molecular flexibility index (Phi) is 3.06. The fourth-order valence-corrected chi connectivity index (χ4v) is 1.22.